The first-order valence-electron chi connectivity index (χ1n) is 7.08. The Labute approximate surface area is 124 Å². The molecular weight excluding hydrogens is 267 g/mol. The number of benzene rings is 1. The Hall–Kier alpha value is -2.23. The fourth-order valence-electron chi connectivity index (χ4n) is 2.18. The zero-order chi connectivity index (χ0) is 15.1. The first-order valence-corrected chi connectivity index (χ1v) is 7.08. The minimum atomic E-state index is -0.627. The molecule has 110 valence electrons. The van der Waals surface area contributed by atoms with Crippen LogP contribution in [0, 0.1) is 5.95 Å². The number of carbonyl (C=O) groups is 1. The molecule has 2 rings (SSSR count). The van der Waals surface area contributed by atoms with Gasteiger partial charge in [-0.15, -0.1) is 0 Å². The monoisotopic (exact) mass is 286 g/mol. The van der Waals surface area contributed by atoms with E-state index >= 15 is 0 Å². The third-order valence-electron chi connectivity index (χ3n) is 3.37. The van der Waals surface area contributed by atoms with Crippen molar-refractivity contribution in [3.05, 3.63) is 65.7 Å². The van der Waals surface area contributed by atoms with Crippen molar-refractivity contribution in [1.82, 2.24) is 9.88 Å². The van der Waals surface area contributed by atoms with Gasteiger partial charge in [-0.2, -0.15) is 4.39 Å². The maximum absolute atomic E-state index is 13.0. The Morgan fingerprint density at radius 2 is 1.95 bits per heavy atom. The van der Waals surface area contributed by atoms with Gasteiger partial charge in [0.2, 0.25) is 5.95 Å². The summed E-state index contributed by atoms with van der Waals surface area (Å²) in [5.41, 5.74) is 1.65. The highest BCUT2D eigenvalue weighted by Crippen LogP contribution is 2.08. The van der Waals surface area contributed by atoms with E-state index in [4.69, 9.17) is 0 Å². The van der Waals surface area contributed by atoms with Gasteiger partial charge in [-0.05, 0) is 30.9 Å². The van der Waals surface area contributed by atoms with Crippen molar-refractivity contribution in [2.45, 2.75) is 19.3 Å². The second-order valence-electron chi connectivity index (χ2n) is 5.04. The smallest absolute Gasteiger partial charge is 0.253 e. The second-order valence-corrected chi connectivity index (χ2v) is 5.04. The van der Waals surface area contributed by atoms with Gasteiger partial charge in [-0.1, -0.05) is 30.3 Å². The Bertz CT molecular complexity index is 586. The number of nitrogens with zero attached hydrogens (tertiary/aromatic N) is 2. The molecule has 21 heavy (non-hydrogen) atoms. The number of pyridine rings is 1. The van der Waals surface area contributed by atoms with E-state index in [-0.39, 0.29) is 5.91 Å². The van der Waals surface area contributed by atoms with Crippen LogP contribution in [-0.4, -0.2) is 29.4 Å². The topological polar surface area (TPSA) is 33.2 Å². The van der Waals surface area contributed by atoms with Crippen molar-refractivity contribution in [3.8, 4) is 0 Å². The maximum atomic E-state index is 13.0. The molecule has 0 fully saturated rings. The third kappa shape index (κ3) is 4.67. The number of unbranched alkanes of at least 4 members (excludes halogenated alkanes) is 1. The highest BCUT2D eigenvalue weighted by Gasteiger charge is 2.12. The molecule has 0 aliphatic heterocycles. The maximum Gasteiger partial charge on any atom is 0.253 e. The van der Waals surface area contributed by atoms with Gasteiger partial charge in [0, 0.05) is 31.4 Å². The van der Waals surface area contributed by atoms with Crippen LogP contribution in [-0.2, 0) is 6.42 Å². The molecule has 0 bridgehead atoms. The Morgan fingerprint density at radius 1 is 1.19 bits per heavy atom. The predicted molar refractivity (Wildman–Crippen MR) is 80.5 cm³/mol. The van der Waals surface area contributed by atoms with Crippen LogP contribution in [0.15, 0.2) is 48.7 Å². The highest BCUT2D eigenvalue weighted by molar-refractivity contribution is 5.93. The summed E-state index contributed by atoms with van der Waals surface area (Å²) in [5, 5.41) is 0. The molecule has 1 amide bonds. The quantitative estimate of drug-likeness (QED) is 0.603. The van der Waals surface area contributed by atoms with Gasteiger partial charge >= 0.3 is 0 Å². The molecule has 0 aliphatic carbocycles. The minimum absolute atomic E-state index is 0.170. The molecule has 2 aromatic rings. The van der Waals surface area contributed by atoms with E-state index in [1.807, 2.05) is 18.2 Å². The van der Waals surface area contributed by atoms with Gasteiger partial charge in [0.1, 0.15) is 0 Å². The largest absolute Gasteiger partial charge is 0.342 e. The van der Waals surface area contributed by atoms with E-state index in [2.05, 4.69) is 17.1 Å². The standard InChI is InChI=1S/C17H19FN2O/c1-20(17(21)15-10-11-19-16(18)13-15)12-6-5-9-14-7-3-2-4-8-14/h2-4,7-8,10-11,13H,5-6,9,12H2,1H3. The zero-order valence-corrected chi connectivity index (χ0v) is 12.1. The normalized spacial score (nSPS) is 10.4. The average molecular weight is 286 g/mol. The van der Waals surface area contributed by atoms with E-state index in [1.165, 1.54) is 23.9 Å². The third-order valence-corrected chi connectivity index (χ3v) is 3.37. The molecule has 1 heterocycles. The van der Waals surface area contributed by atoms with Crippen LogP contribution in [0.25, 0.3) is 0 Å². The lowest BCUT2D eigenvalue weighted by molar-refractivity contribution is 0.0792. The van der Waals surface area contributed by atoms with E-state index in [9.17, 15) is 9.18 Å². The molecular formula is C17H19FN2O. The molecule has 0 saturated heterocycles. The van der Waals surface area contributed by atoms with E-state index in [1.54, 1.807) is 11.9 Å². The van der Waals surface area contributed by atoms with E-state index < -0.39 is 5.95 Å². The second kappa shape index (κ2) is 7.53. The molecule has 0 N–H and O–H groups in total. The summed E-state index contributed by atoms with van der Waals surface area (Å²) in [7, 11) is 1.74. The minimum Gasteiger partial charge on any atom is -0.342 e. The Morgan fingerprint density at radius 3 is 2.67 bits per heavy atom. The van der Waals surface area contributed by atoms with Crippen molar-refractivity contribution in [1.29, 1.82) is 0 Å². The molecule has 0 atom stereocenters. The molecule has 0 aliphatic rings. The summed E-state index contributed by atoms with van der Waals surface area (Å²) in [6.07, 6.45) is 4.26. The van der Waals surface area contributed by atoms with Crippen molar-refractivity contribution in [3.63, 3.8) is 0 Å². The average Bonchev–Trinajstić information content (AvgIpc) is 2.51. The highest BCUT2D eigenvalue weighted by atomic mass is 19.1. The molecule has 1 aromatic carbocycles. The number of hydrogen-bond acceptors (Lipinski definition) is 2. The Kier molecular flexibility index (Phi) is 5.43. The predicted octanol–water partition coefficient (Wildman–Crippen LogP) is 3.32. The fraction of sp³-hybridized carbons (Fsp3) is 0.294. The number of hydrogen-bond donors (Lipinski definition) is 0. The Balaban J connectivity index is 1.76. The lowest BCUT2D eigenvalue weighted by Gasteiger charge is -2.17. The van der Waals surface area contributed by atoms with Crippen molar-refractivity contribution in [2.24, 2.45) is 0 Å². The first-order chi connectivity index (χ1) is 10.2. The van der Waals surface area contributed by atoms with E-state index in [0.717, 1.165) is 19.3 Å². The van der Waals surface area contributed by atoms with Crippen LogP contribution in [0.4, 0.5) is 4.39 Å². The summed E-state index contributed by atoms with van der Waals surface area (Å²) in [6, 6.07) is 13.0. The van der Waals surface area contributed by atoms with Crippen molar-refractivity contribution < 1.29 is 9.18 Å². The van der Waals surface area contributed by atoms with Gasteiger partial charge in [0.15, 0.2) is 0 Å². The van der Waals surface area contributed by atoms with Gasteiger partial charge in [-0.3, -0.25) is 4.79 Å². The van der Waals surface area contributed by atoms with Crippen LogP contribution < -0.4 is 0 Å². The van der Waals surface area contributed by atoms with E-state index in [0.29, 0.717) is 12.1 Å². The number of halogens is 1. The van der Waals surface area contributed by atoms with Gasteiger partial charge in [0.25, 0.3) is 5.91 Å². The van der Waals surface area contributed by atoms with Crippen molar-refractivity contribution >= 4 is 5.91 Å². The number of amides is 1. The summed E-state index contributed by atoms with van der Waals surface area (Å²) in [5.74, 6) is -0.797. The fourth-order valence-corrected chi connectivity index (χ4v) is 2.18. The SMILES string of the molecule is CN(CCCCc1ccccc1)C(=O)c1ccnc(F)c1. The van der Waals surface area contributed by atoms with Crippen molar-refractivity contribution in [2.75, 3.05) is 13.6 Å². The molecule has 1 aromatic heterocycles. The lowest BCUT2D eigenvalue weighted by atomic mass is 10.1. The molecule has 0 spiro atoms. The van der Waals surface area contributed by atoms with Gasteiger partial charge < -0.3 is 4.90 Å². The molecule has 0 unspecified atom stereocenters. The molecule has 4 heteroatoms. The summed E-state index contributed by atoms with van der Waals surface area (Å²) < 4.78 is 13.0. The number of carbonyl (C=O) groups excluding carboxylic acids is 1. The summed E-state index contributed by atoms with van der Waals surface area (Å²) >= 11 is 0. The van der Waals surface area contributed by atoms with Crippen LogP contribution in [0.2, 0.25) is 0 Å². The van der Waals surface area contributed by atoms with Gasteiger partial charge in [-0.25, -0.2) is 4.98 Å². The molecule has 0 radical (unpaired) electrons. The number of rotatable bonds is 6. The first kappa shape index (κ1) is 15.2. The number of aromatic nitrogens is 1. The van der Waals surface area contributed by atoms with Crippen LogP contribution in [0.3, 0.4) is 0 Å². The van der Waals surface area contributed by atoms with Crippen LogP contribution in [0.1, 0.15) is 28.8 Å². The van der Waals surface area contributed by atoms with Crippen LogP contribution >= 0.6 is 0 Å². The summed E-state index contributed by atoms with van der Waals surface area (Å²) in [4.78, 5) is 17.2. The summed E-state index contributed by atoms with van der Waals surface area (Å²) in [6.45, 7) is 0.662. The van der Waals surface area contributed by atoms with Gasteiger partial charge in [0.05, 0.1) is 0 Å². The number of aryl methyl sites for hydroxylation is 1. The lowest BCUT2D eigenvalue weighted by Crippen LogP contribution is -2.27. The zero-order valence-electron chi connectivity index (χ0n) is 12.1. The molecule has 3 nitrogen and oxygen atoms in total. The molecule has 0 saturated carbocycles. The van der Waals surface area contributed by atoms with Crippen LogP contribution in [0.5, 0.6) is 0 Å².